The van der Waals surface area contributed by atoms with Crippen LogP contribution in [0.4, 0.5) is 0 Å². The highest BCUT2D eigenvalue weighted by Crippen LogP contribution is 2.31. The van der Waals surface area contributed by atoms with Gasteiger partial charge in [0.15, 0.2) is 0 Å². The Morgan fingerprint density at radius 1 is 1.28 bits per heavy atom. The molecule has 1 aromatic heterocycles. The largest absolute Gasteiger partial charge is 0.497 e. The van der Waals surface area contributed by atoms with Gasteiger partial charge in [0.05, 0.1) is 17.1 Å². The maximum atomic E-state index is 8.67. The van der Waals surface area contributed by atoms with Crippen LogP contribution in [0.3, 0.4) is 0 Å². The van der Waals surface area contributed by atoms with Crippen LogP contribution < -0.4 is 9.47 Å². The summed E-state index contributed by atoms with van der Waals surface area (Å²) >= 11 is 3.39. The van der Waals surface area contributed by atoms with Gasteiger partial charge in [-0.05, 0) is 40.2 Å². The van der Waals surface area contributed by atoms with Gasteiger partial charge < -0.3 is 9.47 Å². The number of ether oxygens (including phenoxy) is 2. The van der Waals surface area contributed by atoms with E-state index in [9.17, 15) is 0 Å². The van der Waals surface area contributed by atoms with Crippen LogP contribution in [0.2, 0.25) is 0 Å². The Morgan fingerprint density at radius 3 is 2.67 bits per heavy atom. The van der Waals surface area contributed by atoms with Crippen LogP contribution in [-0.4, -0.2) is 12.1 Å². The number of rotatable bonds is 3. The molecule has 2 rings (SSSR count). The highest BCUT2D eigenvalue weighted by Gasteiger charge is 2.05. The molecule has 18 heavy (non-hydrogen) atoms. The van der Waals surface area contributed by atoms with Gasteiger partial charge in [-0.25, -0.2) is 4.98 Å². The quantitative estimate of drug-likeness (QED) is 0.870. The second kappa shape index (κ2) is 5.52. The smallest absolute Gasteiger partial charge is 0.219 e. The van der Waals surface area contributed by atoms with E-state index in [0.717, 1.165) is 10.2 Å². The van der Waals surface area contributed by atoms with Crippen LogP contribution in [-0.2, 0) is 0 Å². The molecule has 0 N–H and O–H groups in total. The summed E-state index contributed by atoms with van der Waals surface area (Å²) in [6.07, 6.45) is 1.47. The topological polar surface area (TPSA) is 55.1 Å². The molecule has 0 bridgehead atoms. The minimum atomic E-state index is 0.430. The Bertz CT molecular complexity index is 591. The molecule has 1 aromatic carbocycles. The summed E-state index contributed by atoms with van der Waals surface area (Å²) in [5.41, 5.74) is 0.496. The van der Waals surface area contributed by atoms with Crippen molar-refractivity contribution in [1.29, 1.82) is 5.26 Å². The van der Waals surface area contributed by atoms with Gasteiger partial charge >= 0.3 is 0 Å². The number of methoxy groups -OCH3 is 1. The highest BCUT2D eigenvalue weighted by molar-refractivity contribution is 9.10. The molecule has 0 aliphatic heterocycles. The van der Waals surface area contributed by atoms with Crippen molar-refractivity contribution in [3.8, 4) is 23.4 Å². The third kappa shape index (κ3) is 2.79. The summed E-state index contributed by atoms with van der Waals surface area (Å²) < 4.78 is 11.4. The normalized spacial score (nSPS) is 9.61. The average molecular weight is 305 g/mol. The zero-order valence-corrected chi connectivity index (χ0v) is 11.1. The molecule has 5 heteroatoms. The van der Waals surface area contributed by atoms with Crippen LogP contribution in [0.25, 0.3) is 0 Å². The molecular formula is C13H9BrN2O2. The molecule has 90 valence electrons. The molecule has 0 unspecified atom stereocenters. The first-order chi connectivity index (χ1) is 8.72. The second-order valence-electron chi connectivity index (χ2n) is 3.40. The first-order valence-electron chi connectivity index (χ1n) is 5.10. The summed E-state index contributed by atoms with van der Waals surface area (Å²) in [7, 11) is 1.60. The maximum Gasteiger partial charge on any atom is 0.219 e. The molecule has 0 spiro atoms. The number of nitrogens with zero attached hydrogens (tertiary/aromatic N) is 2. The second-order valence-corrected chi connectivity index (χ2v) is 4.25. The van der Waals surface area contributed by atoms with E-state index in [1.807, 2.05) is 6.07 Å². The van der Waals surface area contributed by atoms with E-state index < -0.39 is 0 Å². The molecule has 0 aliphatic carbocycles. The Kier molecular flexibility index (Phi) is 3.80. The maximum absolute atomic E-state index is 8.67. The lowest BCUT2D eigenvalue weighted by atomic mass is 10.3. The van der Waals surface area contributed by atoms with Gasteiger partial charge in [-0.1, -0.05) is 0 Å². The molecule has 4 nitrogen and oxygen atoms in total. The van der Waals surface area contributed by atoms with E-state index >= 15 is 0 Å². The number of hydrogen-bond acceptors (Lipinski definition) is 4. The predicted octanol–water partition coefficient (Wildman–Crippen LogP) is 3.52. The monoisotopic (exact) mass is 304 g/mol. The molecule has 2 aromatic rings. The molecular weight excluding hydrogens is 296 g/mol. The van der Waals surface area contributed by atoms with Crippen LogP contribution in [0.1, 0.15) is 5.56 Å². The summed E-state index contributed by atoms with van der Waals surface area (Å²) in [4.78, 5) is 4.03. The van der Waals surface area contributed by atoms with E-state index in [1.165, 1.54) is 6.20 Å². The molecule has 0 fully saturated rings. The number of hydrogen-bond donors (Lipinski definition) is 0. The fourth-order valence-electron chi connectivity index (χ4n) is 1.31. The zero-order chi connectivity index (χ0) is 13.0. The number of nitriles is 1. The Hall–Kier alpha value is -2.06. The average Bonchev–Trinajstić information content (AvgIpc) is 2.42. The highest BCUT2D eigenvalue weighted by atomic mass is 79.9. The van der Waals surface area contributed by atoms with Crippen molar-refractivity contribution in [2.45, 2.75) is 0 Å². The van der Waals surface area contributed by atoms with Gasteiger partial charge in [0, 0.05) is 12.3 Å². The number of halogens is 1. The minimum absolute atomic E-state index is 0.430. The Balaban J connectivity index is 2.20. The summed E-state index contributed by atoms with van der Waals surface area (Å²) in [6, 6.07) is 10.7. The van der Waals surface area contributed by atoms with Crippen molar-refractivity contribution >= 4 is 15.9 Å². The molecule has 0 atom stereocenters. The minimum Gasteiger partial charge on any atom is -0.497 e. The van der Waals surface area contributed by atoms with E-state index in [2.05, 4.69) is 20.9 Å². The van der Waals surface area contributed by atoms with Crippen molar-refractivity contribution in [2.24, 2.45) is 0 Å². The fraction of sp³-hybridized carbons (Fsp3) is 0.0769. The van der Waals surface area contributed by atoms with E-state index in [-0.39, 0.29) is 0 Å². The van der Waals surface area contributed by atoms with Crippen molar-refractivity contribution in [1.82, 2.24) is 4.98 Å². The molecule has 0 aliphatic rings. The van der Waals surface area contributed by atoms with Crippen LogP contribution >= 0.6 is 15.9 Å². The summed E-state index contributed by atoms with van der Waals surface area (Å²) in [5, 5.41) is 8.67. The van der Waals surface area contributed by atoms with Gasteiger partial charge in [0.2, 0.25) is 5.88 Å². The zero-order valence-electron chi connectivity index (χ0n) is 9.55. The Labute approximate surface area is 113 Å². The molecule has 0 amide bonds. The van der Waals surface area contributed by atoms with Gasteiger partial charge in [0.25, 0.3) is 0 Å². The number of pyridine rings is 1. The lowest BCUT2D eigenvalue weighted by Gasteiger charge is -2.08. The van der Waals surface area contributed by atoms with Crippen LogP contribution in [0.5, 0.6) is 17.4 Å². The van der Waals surface area contributed by atoms with Crippen molar-refractivity contribution in [3.05, 3.63) is 46.6 Å². The summed E-state index contributed by atoms with van der Waals surface area (Å²) in [6.45, 7) is 0. The van der Waals surface area contributed by atoms with Gasteiger partial charge in [0.1, 0.15) is 17.6 Å². The van der Waals surface area contributed by atoms with Gasteiger partial charge in [-0.2, -0.15) is 5.26 Å². The van der Waals surface area contributed by atoms with Gasteiger partial charge in [-0.15, -0.1) is 0 Å². The summed E-state index contributed by atoms with van der Waals surface area (Å²) in [5.74, 6) is 1.80. The SMILES string of the molecule is COc1ccc(Oc2ccc(C#N)cn2)c(Br)c1. The fourth-order valence-corrected chi connectivity index (χ4v) is 1.75. The first kappa shape index (κ1) is 12.4. The van der Waals surface area contributed by atoms with Crippen LogP contribution in [0, 0.1) is 11.3 Å². The lowest BCUT2D eigenvalue weighted by Crippen LogP contribution is -1.90. The van der Waals surface area contributed by atoms with Crippen molar-refractivity contribution < 1.29 is 9.47 Å². The van der Waals surface area contributed by atoms with E-state index in [4.69, 9.17) is 14.7 Å². The lowest BCUT2D eigenvalue weighted by molar-refractivity contribution is 0.411. The Morgan fingerprint density at radius 2 is 2.11 bits per heavy atom. The predicted molar refractivity (Wildman–Crippen MR) is 69.7 cm³/mol. The van der Waals surface area contributed by atoms with Crippen molar-refractivity contribution in [3.63, 3.8) is 0 Å². The number of benzene rings is 1. The van der Waals surface area contributed by atoms with Gasteiger partial charge in [-0.3, -0.25) is 0 Å². The molecule has 0 radical (unpaired) electrons. The van der Waals surface area contributed by atoms with Crippen LogP contribution in [0.15, 0.2) is 41.0 Å². The van der Waals surface area contributed by atoms with E-state index in [1.54, 1.807) is 37.4 Å². The molecule has 0 saturated heterocycles. The first-order valence-corrected chi connectivity index (χ1v) is 5.90. The van der Waals surface area contributed by atoms with Crippen molar-refractivity contribution in [2.75, 3.05) is 7.11 Å². The molecule has 0 saturated carbocycles. The third-order valence-electron chi connectivity index (χ3n) is 2.22. The third-order valence-corrected chi connectivity index (χ3v) is 2.84. The number of aromatic nitrogens is 1. The standard InChI is InChI=1S/C13H9BrN2O2/c1-17-10-3-4-12(11(14)6-10)18-13-5-2-9(7-15)8-16-13/h2-6,8H,1H3. The van der Waals surface area contributed by atoms with E-state index in [0.29, 0.717) is 17.2 Å². The molecule has 1 heterocycles.